The minimum atomic E-state index is -0.144. The van der Waals surface area contributed by atoms with Crippen LogP contribution in [-0.2, 0) is 0 Å². The average molecular weight is 295 g/mol. The zero-order chi connectivity index (χ0) is 13.0. The van der Waals surface area contributed by atoms with Gasteiger partial charge >= 0.3 is 0 Å². The van der Waals surface area contributed by atoms with Crippen molar-refractivity contribution in [2.75, 3.05) is 0 Å². The van der Waals surface area contributed by atoms with Crippen molar-refractivity contribution in [3.05, 3.63) is 54.6 Å². The Morgan fingerprint density at radius 3 is 2.11 bits per heavy atom. The summed E-state index contributed by atoms with van der Waals surface area (Å²) in [5, 5.41) is 2.66. The van der Waals surface area contributed by atoms with E-state index in [-0.39, 0.29) is 18.0 Å². The molecule has 1 unspecified atom stereocenters. The van der Waals surface area contributed by atoms with Crippen LogP contribution in [0, 0.1) is 0 Å². The minimum absolute atomic E-state index is 0. The van der Waals surface area contributed by atoms with E-state index in [1.54, 1.807) is 0 Å². The van der Waals surface area contributed by atoms with Gasteiger partial charge in [-0.25, -0.2) is 0 Å². The summed E-state index contributed by atoms with van der Waals surface area (Å²) < 4.78 is 5.88. The second kappa shape index (κ2) is 6.93. The van der Waals surface area contributed by atoms with Crippen LogP contribution in [0.1, 0.15) is 20.8 Å². The first-order valence-corrected chi connectivity index (χ1v) is 7.14. The normalized spacial score (nSPS) is 11.3. The lowest BCUT2D eigenvalue weighted by molar-refractivity contribution is 0.131. The molecule has 0 saturated carbocycles. The van der Waals surface area contributed by atoms with Gasteiger partial charge in [0.25, 0.3) is 0 Å². The second-order valence-corrected chi connectivity index (χ2v) is 6.64. The van der Waals surface area contributed by atoms with E-state index in [4.69, 9.17) is 4.74 Å². The van der Waals surface area contributed by atoms with Gasteiger partial charge in [-0.15, -0.1) is 12.4 Å². The molecule has 0 N–H and O–H groups in total. The quantitative estimate of drug-likeness (QED) is 0.780. The first-order chi connectivity index (χ1) is 8.53. The lowest BCUT2D eigenvalue weighted by atomic mass is 10.2. The Morgan fingerprint density at radius 2 is 1.47 bits per heavy atom. The monoisotopic (exact) mass is 294 g/mol. The fourth-order valence-corrected chi connectivity index (χ4v) is 2.77. The highest BCUT2D eigenvalue weighted by Gasteiger charge is 2.11. The van der Waals surface area contributed by atoms with Gasteiger partial charge in [0.15, 0.2) is 0 Å². The minimum Gasteiger partial charge on any atom is -0.488 e. The number of hydrogen-bond acceptors (Lipinski definition) is 1. The molecule has 19 heavy (non-hydrogen) atoms. The molecule has 0 aliphatic heterocycles. The van der Waals surface area contributed by atoms with Gasteiger partial charge in [0.1, 0.15) is 11.4 Å². The van der Waals surface area contributed by atoms with Gasteiger partial charge in [0.05, 0.1) is 0 Å². The predicted octanol–water partition coefficient (Wildman–Crippen LogP) is 3.92. The maximum Gasteiger partial charge on any atom is 0.120 e. The molecule has 1 nitrogen and oxygen atoms in total. The molecule has 2 aromatic rings. The molecule has 1 atom stereocenters. The van der Waals surface area contributed by atoms with Gasteiger partial charge in [-0.1, -0.05) is 51.0 Å². The highest BCUT2D eigenvalue weighted by Crippen LogP contribution is 2.19. The van der Waals surface area contributed by atoms with Gasteiger partial charge in [-0.05, 0) is 43.5 Å². The molecule has 0 bridgehead atoms. The predicted molar refractivity (Wildman–Crippen MR) is 88.1 cm³/mol. The Morgan fingerprint density at radius 1 is 0.842 bits per heavy atom. The summed E-state index contributed by atoms with van der Waals surface area (Å²) in [5.74, 6) is 0.948. The van der Waals surface area contributed by atoms with E-state index in [0.29, 0.717) is 8.58 Å². The lowest BCUT2D eigenvalue weighted by Crippen LogP contribution is -2.23. The van der Waals surface area contributed by atoms with Crippen molar-refractivity contribution < 1.29 is 4.74 Å². The van der Waals surface area contributed by atoms with Crippen molar-refractivity contribution in [3.8, 4) is 5.75 Å². The number of hydrogen-bond donors (Lipinski definition) is 0. The van der Waals surface area contributed by atoms with Gasteiger partial charge in [-0.3, -0.25) is 0 Å². The number of halogens is 1. The van der Waals surface area contributed by atoms with E-state index in [2.05, 4.69) is 63.2 Å². The van der Waals surface area contributed by atoms with Crippen LogP contribution in [-0.4, -0.2) is 5.60 Å². The first-order valence-electron chi connectivity index (χ1n) is 6.14. The standard InChI is InChI=1S/C16H19OP.ClH/c1-16(2,3)17-13-8-7-11-15(12-13)18-14-9-5-4-6-10-14;/h4-12,18H,1-3H3;1H. The highest BCUT2D eigenvalue weighted by molar-refractivity contribution is 7.55. The van der Waals surface area contributed by atoms with Crippen molar-refractivity contribution in [2.24, 2.45) is 0 Å². The molecule has 0 saturated heterocycles. The van der Waals surface area contributed by atoms with Crippen LogP contribution in [0.15, 0.2) is 54.6 Å². The van der Waals surface area contributed by atoms with E-state index in [1.807, 2.05) is 12.1 Å². The van der Waals surface area contributed by atoms with Crippen LogP contribution in [0.2, 0.25) is 0 Å². The fourth-order valence-electron chi connectivity index (χ4n) is 1.68. The maximum absolute atomic E-state index is 5.88. The Balaban J connectivity index is 0.00000180. The Hall–Kier alpha value is -1.04. The topological polar surface area (TPSA) is 9.23 Å². The smallest absolute Gasteiger partial charge is 0.120 e. The van der Waals surface area contributed by atoms with Crippen LogP contribution < -0.4 is 15.3 Å². The van der Waals surface area contributed by atoms with Crippen LogP contribution >= 0.6 is 21.0 Å². The molecule has 0 spiro atoms. The second-order valence-electron chi connectivity index (χ2n) is 5.23. The SMILES string of the molecule is CC(C)(C)Oc1cccc(Pc2ccccc2)c1.Cl. The molecular weight excluding hydrogens is 275 g/mol. The summed E-state index contributed by atoms with van der Waals surface area (Å²) in [6.07, 6.45) is 0. The molecule has 0 amide bonds. The molecule has 0 aliphatic rings. The maximum atomic E-state index is 5.88. The molecule has 0 fully saturated rings. The molecule has 102 valence electrons. The van der Waals surface area contributed by atoms with Crippen molar-refractivity contribution in [2.45, 2.75) is 26.4 Å². The number of rotatable bonds is 3. The molecule has 0 heterocycles. The molecule has 0 radical (unpaired) electrons. The summed E-state index contributed by atoms with van der Waals surface area (Å²) in [7, 11) is 0.680. The van der Waals surface area contributed by atoms with Crippen molar-refractivity contribution in [1.82, 2.24) is 0 Å². The zero-order valence-corrected chi connectivity index (χ0v) is 13.3. The molecule has 2 rings (SSSR count). The molecular formula is C16H20ClOP. The number of ether oxygens (including phenoxy) is 1. The van der Waals surface area contributed by atoms with Gasteiger partial charge in [0, 0.05) is 0 Å². The van der Waals surface area contributed by atoms with Crippen LogP contribution in [0.4, 0.5) is 0 Å². The van der Waals surface area contributed by atoms with E-state index in [0.717, 1.165) is 5.75 Å². The average Bonchev–Trinajstić information content (AvgIpc) is 2.28. The summed E-state index contributed by atoms with van der Waals surface area (Å²) in [6.45, 7) is 6.21. The largest absolute Gasteiger partial charge is 0.488 e. The Bertz CT molecular complexity index is 506. The fraction of sp³-hybridized carbons (Fsp3) is 0.250. The first kappa shape index (κ1) is 16.0. The van der Waals surface area contributed by atoms with E-state index in [1.165, 1.54) is 10.6 Å². The van der Waals surface area contributed by atoms with Gasteiger partial charge in [0.2, 0.25) is 0 Å². The van der Waals surface area contributed by atoms with Crippen LogP contribution in [0.25, 0.3) is 0 Å². The summed E-state index contributed by atoms with van der Waals surface area (Å²) in [5.41, 5.74) is -0.144. The van der Waals surface area contributed by atoms with Crippen LogP contribution in [0.5, 0.6) is 5.75 Å². The Kier molecular flexibility index (Phi) is 5.85. The molecule has 3 heteroatoms. The molecule has 2 aromatic carbocycles. The van der Waals surface area contributed by atoms with Crippen molar-refractivity contribution in [3.63, 3.8) is 0 Å². The molecule has 0 aliphatic carbocycles. The molecule has 0 aromatic heterocycles. The Labute approximate surface area is 123 Å². The zero-order valence-electron chi connectivity index (χ0n) is 11.5. The van der Waals surface area contributed by atoms with E-state index in [9.17, 15) is 0 Å². The van der Waals surface area contributed by atoms with Crippen molar-refractivity contribution >= 4 is 31.6 Å². The summed E-state index contributed by atoms with van der Waals surface area (Å²) >= 11 is 0. The van der Waals surface area contributed by atoms with Gasteiger partial charge < -0.3 is 4.74 Å². The highest BCUT2D eigenvalue weighted by atomic mass is 35.5. The van der Waals surface area contributed by atoms with Crippen molar-refractivity contribution in [1.29, 1.82) is 0 Å². The van der Waals surface area contributed by atoms with Gasteiger partial charge in [-0.2, -0.15) is 0 Å². The summed E-state index contributed by atoms with van der Waals surface area (Å²) in [6, 6.07) is 18.9. The van der Waals surface area contributed by atoms with E-state index < -0.39 is 0 Å². The summed E-state index contributed by atoms with van der Waals surface area (Å²) in [4.78, 5) is 0. The third kappa shape index (κ3) is 5.63. The van der Waals surface area contributed by atoms with E-state index >= 15 is 0 Å². The lowest BCUT2D eigenvalue weighted by Gasteiger charge is -2.21. The number of benzene rings is 2. The van der Waals surface area contributed by atoms with Crippen LogP contribution in [0.3, 0.4) is 0 Å². The third-order valence-corrected chi connectivity index (χ3v) is 3.54. The third-order valence-electron chi connectivity index (χ3n) is 2.32.